The number of thioether (sulfide) groups is 1. The van der Waals surface area contributed by atoms with Gasteiger partial charge in [-0.3, -0.25) is 9.59 Å². The van der Waals surface area contributed by atoms with Crippen LogP contribution in [0.1, 0.15) is 43.6 Å². The lowest BCUT2D eigenvalue weighted by Crippen LogP contribution is -2.27. The number of hydrogen-bond donors (Lipinski definition) is 1. The van der Waals surface area contributed by atoms with Gasteiger partial charge < -0.3 is 9.84 Å². The van der Waals surface area contributed by atoms with Crippen molar-refractivity contribution in [2.24, 2.45) is 0 Å². The van der Waals surface area contributed by atoms with Crippen LogP contribution in [0.2, 0.25) is 0 Å². The average Bonchev–Trinajstić information content (AvgIpc) is 2.37. The van der Waals surface area contributed by atoms with Crippen LogP contribution < -0.4 is 4.74 Å². The Morgan fingerprint density at radius 2 is 2.00 bits per heavy atom. The number of aliphatic carboxylic acids is 1. The molecule has 0 amide bonds. The van der Waals surface area contributed by atoms with Crippen LogP contribution in [0.4, 0.5) is 0 Å². The summed E-state index contributed by atoms with van der Waals surface area (Å²) in [4.78, 5) is 22.6. The molecule has 1 N–H and O–H groups in total. The predicted octanol–water partition coefficient (Wildman–Crippen LogP) is 3.38. The first-order valence-corrected chi connectivity index (χ1v) is 7.40. The van der Waals surface area contributed by atoms with Crippen molar-refractivity contribution < 1.29 is 19.4 Å². The zero-order chi connectivity index (χ0) is 15.3. The molecule has 0 bridgehead atoms. The molecule has 0 aliphatic carbocycles. The third-order valence-corrected chi connectivity index (χ3v) is 4.22. The molecular formula is C15H20O4S. The van der Waals surface area contributed by atoms with Crippen LogP contribution in [0.25, 0.3) is 0 Å². The van der Waals surface area contributed by atoms with Crippen molar-refractivity contribution in [2.45, 2.75) is 38.2 Å². The van der Waals surface area contributed by atoms with Crippen molar-refractivity contribution in [3.05, 3.63) is 29.3 Å². The highest BCUT2D eigenvalue weighted by Crippen LogP contribution is 2.32. The van der Waals surface area contributed by atoms with E-state index in [4.69, 9.17) is 9.84 Å². The second kappa shape index (κ2) is 6.79. The number of ether oxygens (including phenoxy) is 1. The SMILES string of the molecule is CCOc1ccc(C(C)=O)cc1CSC(C)(C)C(=O)O. The molecule has 110 valence electrons. The minimum Gasteiger partial charge on any atom is -0.494 e. The topological polar surface area (TPSA) is 63.6 Å². The number of Topliss-reactive ketones (excluding diaryl/α,β-unsaturated/α-hetero) is 1. The average molecular weight is 296 g/mol. The monoisotopic (exact) mass is 296 g/mol. The Bertz CT molecular complexity index is 509. The van der Waals surface area contributed by atoms with Crippen molar-refractivity contribution in [1.29, 1.82) is 0 Å². The molecule has 0 aliphatic heterocycles. The second-order valence-corrected chi connectivity index (χ2v) is 6.51. The van der Waals surface area contributed by atoms with Gasteiger partial charge in [0.05, 0.1) is 6.61 Å². The van der Waals surface area contributed by atoms with E-state index in [2.05, 4.69) is 0 Å². The summed E-state index contributed by atoms with van der Waals surface area (Å²) in [6.45, 7) is 7.24. The lowest BCUT2D eigenvalue weighted by atomic mass is 10.1. The molecule has 0 aliphatic rings. The van der Waals surface area contributed by atoms with Crippen LogP contribution in [0.15, 0.2) is 18.2 Å². The Labute approximate surface area is 123 Å². The Balaban J connectivity index is 2.98. The molecule has 4 nitrogen and oxygen atoms in total. The van der Waals surface area contributed by atoms with Gasteiger partial charge in [0.2, 0.25) is 0 Å². The summed E-state index contributed by atoms with van der Waals surface area (Å²) in [6.07, 6.45) is 0. The molecule has 1 rings (SSSR count). The molecule has 0 saturated carbocycles. The van der Waals surface area contributed by atoms with E-state index >= 15 is 0 Å². The van der Waals surface area contributed by atoms with Gasteiger partial charge in [0.25, 0.3) is 0 Å². The molecule has 0 aromatic heterocycles. The molecule has 1 aromatic rings. The van der Waals surface area contributed by atoms with Crippen LogP contribution in [0.5, 0.6) is 5.75 Å². The molecule has 0 atom stereocenters. The maximum atomic E-state index is 11.4. The number of carboxylic acid groups (broad SMARTS) is 1. The Kier molecular flexibility index (Phi) is 5.62. The van der Waals surface area contributed by atoms with Crippen LogP contribution in [-0.4, -0.2) is 28.2 Å². The molecule has 20 heavy (non-hydrogen) atoms. The van der Waals surface area contributed by atoms with Crippen molar-refractivity contribution in [3.8, 4) is 5.75 Å². The van der Waals surface area contributed by atoms with E-state index in [1.54, 1.807) is 32.0 Å². The van der Waals surface area contributed by atoms with Gasteiger partial charge in [-0.2, -0.15) is 0 Å². The lowest BCUT2D eigenvalue weighted by molar-refractivity contribution is -0.138. The Morgan fingerprint density at radius 1 is 1.35 bits per heavy atom. The van der Waals surface area contributed by atoms with Gasteiger partial charge in [0, 0.05) is 16.9 Å². The first kappa shape index (κ1) is 16.6. The first-order chi connectivity index (χ1) is 9.27. The van der Waals surface area contributed by atoms with Gasteiger partial charge in [-0.1, -0.05) is 0 Å². The van der Waals surface area contributed by atoms with E-state index in [9.17, 15) is 9.59 Å². The first-order valence-electron chi connectivity index (χ1n) is 6.42. The molecule has 0 radical (unpaired) electrons. The zero-order valence-electron chi connectivity index (χ0n) is 12.2. The van der Waals surface area contributed by atoms with Crippen LogP contribution in [0, 0.1) is 0 Å². The molecule has 1 aromatic carbocycles. The standard InChI is InChI=1S/C15H20O4S/c1-5-19-13-7-6-11(10(2)16)8-12(13)9-20-15(3,4)14(17)18/h6-8H,5,9H2,1-4H3,(H,17,18). The van der Waals surface area contributed by atoms with E-state index in [-0.39, 0.29) is 5.78 Å². The van der Waals surface area contributed by atoms with Crippen molar-refractivity contribution in [1.82, 2.24) is 0 Å². The van der Waals surface area contributed by atoms with Crippen molar-refractivity contribution in [3.63, 3.8) is 0 Å². The molecule has 5 heteroatoms. The van der Waals surface area contributed by atoms with Gasteiger partial charge in [-0.05, 0) is 45.9 Å². The van der Waals surface area contributed by atoms with Crippen molar-refractivity contribution in [2.75, 3.05) is 6.61 Å². The summed E-state index contributed by atoms with van der Waals surface area (Å²) >= 11 is 1.31. The highest BCUT2D eigenvalue weighted by Gasteiger charge is 2.28. The highest BCUT2D eigenvalue weighted by molar-refractivity contribution is 8.00. The highest BCUT2D eigenvalue weighted by atomic mass is 32.2. The van der Waals surface area contributed by atoms with Gasteiger partial charge in [0.15, 0.2) is 5.78 Å². The molecule has 0 fully saturated rings. The number of carbonyl (C=O) groups is 2. The third kappa shape index (κ3) is 4.27. The smallest absolute Gasteiger partial charge is 0.319 e. The maximum absolute atomic E-state index is 11.4. The zero-order valence-corrected chi connectivity index (χ0v) is 13.0. The predicted molar refractivity (Wildman–Crippen MR) is 80.6 cm³/mol. The van der Waals surface area contributed by atoms with Gasteiger partial charge in [0.1, 0.15) is 10.5 Å². The van der Waals surface area contributed by atoms with E-state index in [0.29, 0.717) is 23.7 Å². The number of ketones is 1. The minimum absolute atomic E-state index is 0.0169. The van der Waals surface area contributed by atoms with Crippen LogP contribution in [-0.2, 0) is 10.5 Å². The molecule has 0 saturated heterocycles. The summed E-state index contributed by atoms with van der Waals surface area (Å²) < 4.78 is 4.65. The van der Waals surface area contributed by atoms with Gasteiger partial charge in [-0.15, -0.1) is 11.8 Å². The third-order valence-electron chi connectivity index (χ3n) is 2.87. The fourth-order valence-corrected chi connectivity index (χ4v) is 2.39. The second-order valence-electron chi connectivity index (χ2n) is 4.92. The quantitative estimate of drug-likeness (QED) is 0.781. The normalized spacial score (nSPS) is 11.2. The molecule has 0 unspecified atom stereocenters. The van der Waals surface area contributed by atoms with Gasteiger partial charge >= 0.3 is 5.97 Å². The number of carboxylic acids is 1. The fourth-order valence-electron chi connectivity index (χ4n) is 1.53. The summed E-state index contributed by atoms with van der Waals surface area (Å²) in [5.41, 5.74) is 1.45. The number of hydrogen-bond acceptors (Lipinski definition) is 4. The minimum atomic E-state index is -0.879. The summed E-state index contributed by atoms with van der Waals surface area (Å²) in [5, 5.41) is 9.13. The number of rotatable bonds is 7. The fraction of sp³-hybridized carbons (Fsp3) is 0.467. The van der Waals surface area contributed by atoms with Crippen LogP contribution >= 0.6 is 11.8 Å². The molecule has 0 heterocycles. The van der Waals surface area contributed by atoms with E-state index in [1.165, 1.54) is 18.7 Å². The Hall–Kier alpha value is -1.49. The van der Waals surface area contributed by atoms with Gasteiger partial charge in [-0.25, -0.2) is 0 Å². The van der Waals surface area contributed by atoms with Crippen molar-refractivity contribution >= 4 is 23.5 Å². The lowest BCUT2D eigenvalue weighted by Gasteiger charge is -2.19. The molecular weight excluding hydrogens is 276 g/mol. The maximum Gasteiger partial charge on any atom is 0.319 e. The largest absolute Gasteiger partial charge is 0.494 e. The Morgan fingerprint density at radius 3 is 2.50 bits per heavy atom. The number of benzene rings is 1. The number of carbonyl (C=O) groups excluding carboxylic acids is 1. The van der Waals surface area contributed by atoms with E-state index in [1.807, 2.05) is 6.92 Å². The van der Waals surface area contributed by atoms with E-state index < -0.39 is 10.7 Å². The summed E-state index contributed by atoms with van der Waals surface area (Å²) in [6, 6.07) is 5.27. The van der Waals surface area contributed by atoms with Crippen LogP contribution in [0.3, 0.4) is 0 Å². The summed E-state index contributed by atoms with van der Waals surface area (Å²) in [7, 11) is 0. The molecule has 0 spiro atoms. The summed E-state index contributed by atoms with van der Waals surface area (Å²) in [5.74, 6) is 0.307. The van der Waals surface area contributed by atoms with E-state index in [0.717, 1.165) is 5.56 Å².